The second-order valence-corrected chi connectivity index (χ2v) is 3.07. The summed E-state index contributed by atoms with van der Waals surface area (Å²) in [6, 6.07) is 2.11. The minimum atomic E-state index is 1.02. The molecule has 0 fully saturated rings. The van der Waals surface area contributed by atoms with E-state index in [1.165, 1.54) is 10.9 Å². The summed E-state index contributed by atoms with van der Waals surface area (Å²) in [6.45, 7) is 1.02. The third kappa shape index (κ3) is 0.630. The largest absolute Gasteiger partial charge is 0.369 e. The summed E-state index contributed by atoms with van der Waals surface area (Å²) in [7, 11) is 0. The number of pyridine rings is 1. The van der Waals surface area contributed by atoms with Gasteiger partial charge < -0.3 is 10.3 Å². The first kappa shape index (κ1) is 6.06. The standard InChI is InChI=1S/C9H9N3/c1-3-10-8-5-12-9-7(6(1)8)2-4-11-9/h1,3,5,10H,2,4H2,(H,11,12). The molecule has 1 aliphatic heterocycles. The summed E-state index contributed by atoms with van der Waals surface area (Å²) in [5.74, 6) is 1.06. The molecule has 3 rings (SSSR count). The molecule has 0 aromatic carbocycles. The third-order valence-corrected chi connectivity index (χ3v) is 2.38. The molecule has 3 nitrogen and oxygen atoms in total. The Hall–Kier alpha value is -1.51. The molecule has 1 aliphatic rings. The maximum atomic E-state index is 4.32. The predicted octanol–water partition coefficient (Wildman–Crippen LogP) is 1.53. The number of hydrogen-bond acceptors (Lipinski definition) is 2. The fourth-order valence-electron chi connectivity index (χ4n) is 1.80. The van der Waals surface area contributed by atoms with E-state index >= 15 is 0 Å². The van der Waals surface area contributed by atoms with E-state index < -0.39 is 0 Å². The Morgan fingerprint density at radius 3 is 3.42 bits per heavy atom. The molecule has 0 bridgehead atoms. The number of nitrogens with one attached hydrogen (secondary N) is 2. The number of H-pyrrole nitrogens is 1. The fraction of sp³-hybridized carbons (Fsp3) is 0.222. The molecule has 3 heteroatoms. The van der Waals surface area contributed by atoms with Gasteiger partial charge in [-0.2, -0.15) is 0 Å². The SMILES string of the molecule is c1cc2c3c(ncc2[nH]1)NCC3. The average molecular weight is 159 g/mol. The maximum absolute atomic E-state index is 4.32. The Labute approximate surface area is 69.8 Å². The van der Waals surface area contributed by atoms with Gasteiger partial charge in [0, 0.05) is 23.7 Å². The highest BCUT2D eigenvalue weighted by Crippen LogP contribution is 2.26. The molecule has 0 amide bonds. The van der Waals surface area contributed by atoms with Crippen LogP contribution in [0.1, 0.15) is 5.56 Å². The Kier molecular flexibility index (Phi) is 1.01. The van der Waals surface area contributed by atoms with E-state index in [-0.39, 0.29) is 0 Å². The zero-order chi connectivity index (χ0) is 7.97. The van der Waals surface area contributed by atoms with Crippen molar-refractivity contribution >= 4 is 16.7 Å². The lowest BCUT2D eigenvalue weighted by atomic mass is 10.1. The molecule has 0 atom stereocenters. The summed E-state index contributed by atoms with van der Waals surface area (Å²) < 4.78 is 0. The minimum Gasteiger partial charge on any atom is -0.369 e. The van der Waals surface area contributed by atoms with E-state index in [2.05, 4.69) is 21.4 Å². The van der Waals surface area contributed by atoms with E-state index in [9.17, 15) is 0 Å². The topological polar surface area (TPSA) is 40.7 Å². The van der Waals surface area contributed by atoms with Crippen molar-refractivity contribution in [3.8, 4) is 0 Å². The van der Waals surface area contributed by atoms with E-state index in [1.54, 1.807) is 0 Å². The van der Waals surface area contributed by atoms with Crippen molar-refractivity contribution in [3.05, 3.63) is 24.0 Å². The molecular weight excluding hydrogens is 150 g/mol. The average Bonchev–Trinajstić information content (AvgIpc) is 2.71. The predicted molar refractivity (Wildman–Crippen MR) is 48.3 cm³/mol. The lowest BCUT2D eigenvalue weighted by Gasteiger charge is -1.98. The zero-order valence-electron chi connectivity index (χ0n) is 6.59. The van der Waals surface area contributed by atoms with Crippen LogP contribution in [-0.4, -0.2) is 16.5 Å². The summed E-state index contributed by atoms with van der Waals surface area (Å²) in [5.41, 5.74) is 2.49. The Balaban J connectivity index is 2.46. The first-order valence-corrected chi connectivity index (χ1v) is 4.14. The molecule has 2 aromatic rings. The van der Waals surface area contributed by atoms with Crippen LogP contribution in [0, 0.1) is 0 Å². The van der Waals surface area contributed by atoms with Gasteiger partial charge in [-0.3, -0.25) is 0 Å². The van der Waals surface area contributed by atoms with E-state index in [0.29, 0.717) is 0 Å². The molecule has 2 N–H and O–H groups in total. The van der Waals surface area contributed by atoms with Crippen LogP contribution in [0.15, 0.2) is 18.5 Å². The quantitative estimate of drug-likeness (QED) is 0.612. The number of aromatic amines is 1. The van der Waals surface area contributed by atoms with E-state index in [1.807, 2.05) is 12.4 Å². The second kappa shape index (κ2) is 2.00. The summed E-state index contributed by atoms with van der Waals surface area (Å²) in [6.07, 6.45) is 4.94. The molecule has 2 aromatic heterocycles. The Morgan fingerprint density at radius 1 is 1.42 bits per heavy atom. The highest BCUT2D eigenvalue weighted by Gasteiger charge is 2.14. The van der Waals surface area contributed by atoms with Gasteiger partial charge in [-0.25, -0.2) is 4.98 Å². The fourth-order valence-corrected chi connectivity index (χ4v) is 1.80. The summed E-state index contributed by atoms with van der Waals surface area (Å²) in [4.78, 5) is 7.48. The van der Waals surface area contributed by atoms with Gasteiger partial charge in [-0.1, -0.05) is 0 Å². The lowest BCUT2D eigenvalue weighted by molar-refractivity contribution is 1.11. The third-order valence-electron chi connectivity index (χ3n) is 2.38. The van der Waals surface area contributed by atoms with Crippen molar-refractivity contribution in [1.82, 2.24) is 9.97 Å². The van der Waals surface area contributed by atoms with Crippen molar-refractivity contribution in [2.24, 2.45) is 0 Å². The zero-order valence-corrected chi connectivity index (χ0v) is 6.59. The van der Waals surface area contributed by atoms with E-state index in [0.717, 1.165) is 24.3 Å². The van der Waals surface area contributed by atoms with Crippen molar-refractivity contribution in [2.75, 3.05) is 11.9 Å². The monoisotopic (exact) mass is 159 g/mol. The molecule has 0 unspecified atom stereocenters. The van der Waals surface area contributed by atoms with Crippen LogP contribution in [-0.2, 0) is 6.42 Å². The molecule has 0 saturated carbocycles. The number of aromatic nitrogens is 2. The Morgan fingerprint density at radius 2 is 2.42 bits per heavy atom. The minimum absolute atomic E-state index is 1.02. The number of nitrogens with zero attached hydrogens (tertiary/aromatic N) is 1. The number of anilines is 1. The molecule has 60 valence electrons. The lowest BCUT2D eigenvalue weighted by Crippen LogP contribution is -1.92. The van der Waals surface area contributed by atoms with Crippen LogP contribution < -0.4 is 5.32 Å². The van der Waals surface area contributed by atoms with Crippen molar-refractivity contribution in [3.63, 3.8) is 0 Å². The van der Waals surface area contributed by atoms with Gasteiger partial charge in [0.2, 0.25) is 0 Å². The molecule has 0 spiro atoms. The number of rotatable bonds is 0. The number of hydrogen-bond donors (Lipinski definition) is 2. The van der Waals surface area contributed by atoms with Gasteiger partial charge in [0.25, 0.3) is 0 Å². The molecule has 0 radical (unpaired) electrons. The molecule has 0 aliphatic carbocycles. The van der Waals surface area contributed by atoms with Gasteiger partial charge in [-0.15, -0.1) is 0 Å². The van der Waals surface area contributed by atoms with E-state index in [4.69, 9.17) is 0 Å². The van der Waals surface area contributed by atoms with Gasteiger partial charge in [-0.05, 0) is 12.5 Å². The van der Waals surface area contributed by atoms with Crippen molar-refractivity contribution in [2.45, 2.75) is 6.42 Å². The van der Waals surface area contributed by atoms with Crippen LogP contribution in [0.25, 0.3) is 10.9 Å². The summed E-state index contributed by atoms with van der Waals surface area (Å²) in [5, 5.41) is 4.57. The molecule has 0 saturated heterocycles. The van der Waals surface area contributed by atoms with Crippen molar-refractivity contribution in [1.29, 1.82) is 0 Å². The first-order chi connectivity index (χ1) is 5.95. The van der Waals surface area contributed by atoms with Gasteiger partial charge in [0.15, 0.2) is 0 Å². The maximum Gasteiger partial charge on any atom is 0.129 e. The molecule has 12 heavy (non-hydrogen) atoms. The van der Waals surface area contributed by atoms with Crippen LogP contribution in [0.5, 0.6) is 0 Å². The van der Waals surface area contributed by atoms with Crippen LogP contribution in [0.4, 0.5) is 5.82 Å². The van der Waals surface area contributed by atoms with Crippen LogP contribution >= 0.6 is 0 Å². The van der Waals surface area contributed by atoms with Crippen LogP contribution in [0.2, 0.25) is 0 Å². The van der Waals surface area contributed by atoms with Gasteiger partial charge >= 0.3 is 0 Å². The van der Waals surface area contributed by atoms with Gasteiger partial charge in [0.1, 0.15) is 5.82 Å². The number of fused-ring (bicyclic) bond motifs is 3. The first-order valence-electron chi connectivity index (χ1n) is 4.14. The normalized spacial score (nSPS) is 14.7. The van der Waals surface area contributed by atoms with Crippen LogP contribution in [0.3, 0.4) is 0 Å². The molecular formula is C9H9N3. The smallest absolute Gasteiger partial charge is 0.129 e. The highest BCUT2D eigenvalue weighted by atomic mass is 15.0. The highest BCUT2D eigenvalue weighted by molar-refractivity contribution is 5.86. The summed E-state index contributed by atoms with van der Waals surface area (Å²) >= 11 is 0. The second-order valence-electron chi connectivity index (χ2n) is 3.07. The van der Waals surface area contributed by atoms with Crippen molar-refractivity contribution < 1.29 is 0 Å². The van der Waals surface area contributed by atoms with Gasteiger partial charge in [0.05, 0.1) is 11.7 Å². The molecule has 3 heterocycles. The Bertz CT molecular complexity index is 430.